The van der Waals surface area contributed by atoms with E-state index in [0.29, 0.717) is 18.4 Å². The van der Waals surface area contributed by atoms with Crippen molar-refractivity contribution in [1.82, 2.24) is 15.1 Å². The number of nitrogens with zero attached hydrogens (tertiary/aromatic N) is 2. The van der Waals surface area contributed by atoms with Crippen molar-refractivity contribution in [1.29, 1.82) is 0 Å². The molecule has 4 nitrogen and oxygen atoms in total. The molecule has 1 saturated carbocycles. The van der Waals surface area contributed by atoms with Crippen LogP contribution in [-0.2, 0) is 12.7 Å². The molecule has 0 aromatic carbocycles. The maximum Gasteiger partial charge on any atom is 0.435 e. The molecule has 22 heavy (non-hydrogen) atoms. The average Bonchev–Trinajstić information content (AvgIpc) is 2.95. The molecule has 1 N–H and O–H groups in total. The van der Waals surface area contributed by atoms with Crippen LogP contribution in [0.2, 0.25) is 0 Å². The van der Waals surface area contributed by atoms with Gasteiger partial charge in [-0.2, -0.15) is 18.3 Å². The molecule has 7 heteroatoms. The topological polar surface area (TPSA) is 39.1 Å². The summed E-state index contributed by atoms with van der Waals surface area (Å²) in [6, 6.07) is 1.05. The number of rotatable bonds is 5. The zero-order chi connectivity index (χ0) is 15.7. The lowest BCUT2D eigenvalue weighted by Crippen LogP contribution is -2.44. The van der Waals surface area contributed by atoms with Gasteiger partial charge in [0.1, 0.15) is 6.10 Å². The van der Waals surface area contributed by atoms with Crippen LogP contribution in [0.3, 0.4) is 0 Å². The van der Waals surface area contributed by atoms with E-state index >= 15 is 0 Å². The Bertz CT molecular complexity index is 499. The molecule has 0 amide bonds. The monoisotopic (exact) mass is 317 g/mol. The number of unbranched alkanes of at least 4 members (excludes halogenated alkanes) is 1. The Morgan fingerprint density at radius 2 is 2.00 bits per heavy atom. The van der Waals surface area contributed by atoms with E-state index in [1.54, 1.807) is 0 Å². The van der Waals surface area contributed by atoms with E-state index in [1.807, 2.05) is 6.92 Å². The van der Waals surface area contributed by atoms with Gasteiger partial charge in [0.2, 0.25) is 5.88 Å². The molecule has 1 aromatic heterocycles. The molecule has 2 heterocycles. The molecule has 1 aliphatic carbocycles. The average molecular weight is 317 g/mol. The minimum Gasteiger partial charge on any atom is -0.474 e. The number of aryl methyl sites for hydroxylation is 1. The van der Waals surface area contributed by atoms with E-state index in [4.69, 9.17) is 4.74 Å². The van der Waals surface area contributed by atoms with Crippen LogP contribution in [0.5, 0.6) is 5.88 Å². The summed E-state index contributed by atoms with van der Waals surface area (Å²) in [4.78, 5) is 0. The second kappa shape index (κ2) is 6.10. The molecule has 1 aromatic rings. The fraction of sp³-hybridized carbons (Fsp3) is 0.800. The van der Waals surface area contributed by atoms with E-state index in [-0.39, 0.29) is 12.0 Å². The van der Waals surface area contributed by atoms with Crippen LogP contribution >= 0.6 is 0 Å². The number of nitrogens with one attached hydrogen (secondary N) is 1. The van der Waals surface area contributed by atoms with Crippen molar-refractivity contribution in [2.24, 2.45) is 11.8 Å². The first-order valence-electron chi connectivity index (χ1n) is 8.01. The number of piperidine rings is 1. The lowest BCUT2D eigenvalue weighted by molar-refractivity contribution is -0.141. The number of hydrogen-bond donors (Lipinski definition) is 1. The van der Waals surface area contributed by atoms with Gasteiger partial charge in [0.15, 0.2) is 5.69 Å². The lowest BCUT2D eigenvalue weighted by atomic mass is 9.96. The highest BCUT2D eigenvalue weighted by Gasteiger charge is 2.42. The van der Waals surface area contributed by atoms with Gasteiger partial charge in [0.25, 0.3) is 0 Å². The molecule has 3 rings (SSSR count). The molecule has 1 aliphatic heterocycles. The maximum atomic E-state index is 12.9. The van der Waals surface area contributed by atoms with Gasteiger partial charge >= 0.3 is 6.18 Å². The van der Waals surface area contributed by atoms with Gasteiger partial charge in [0.05, 0.1) is 0 Å². The lowest BCUT2D eigenvalue weighted by Gasteiger charge is -2.31. The predicted octanol–water partition coefficient (Wildman–Crippen LogP) is 3.08. The van der Waals surface area contributed by atoms with Crippen LogP contribution in [0.25, 0.3) is 0 Å². The second-order valence-electron chi connectivity index (χ2n) is 6.28. The van der Waals surface area contributed by atoms with Crippen molar-refractivity contribution in [2.45, 2.75) is 51.4 Å². The first-order valence-corrected chi connectivity index (χ1v) is 8.01. The first-order chi connectivity index (χ1) is 10.5. The summed E-state index contributed by atoms with van der Waals surface area (Å²) in [6.07, 6.45) is -0.565. The number of fused-ring (bicyclic) bond motifs is 2. The van der Waals surface area contributed by atoms with Gasteiger partial charge in [-0.15, -0.1) is 0 Å². The van der Waals surface area contributed by atoms with Crippen LogP contribution in [0.1, 0.15) is 38.3 Å². The minimum absolute atomic E-state index is 0.0133. The quantitative estimate of drug-likeness (QED) is 0.907. The molecule has 0 spiro atoms. The highest BCUT2D eigenvalue weighted by Crippen LogP contribution is 2.38. The van der Waals surface area contributed by atoms with Gasteiger partial charge in [0, 0.05) is 37.5 Å². The number of ether oxygens (including phenoxy) is 1. The Hall–Kier alpha value is -1.24. The molecule has 124 valence electrons. The summed E-state index contributed by atoms with van der Waals surface area (Å²) >= 11 is 0. The molecule has 1 saturated heterocycles. The summed E-state index contributed by atoms with van der Waals surface area (Å²) in [6.45, 7) is 4.23. The van der Waals surface area contributed by atoms with Crippen molar-refractivity contribution in [3.05, 3.63) is 11.8 Å². The molecule has 2 atom stereocenters. The molecular weight excluding hydrogens is 295 g/mol. The van der Waals surface area contributed by atoms with Crippen molar-refractivity contribution in [3.63, 3.8) is 0 Å². The van der Waals surface area contributed by atoms with E-state index in [1.165, 1.54) is 4.68 Å². The highest BCUT2D eigenvalue weighted by molar-refractivity contribution is 5.19. The fourth-order valence-electron chi connectivity index (χ4n) is 3.47. The normalized spacial score (nSPS) is 28.1. The van der Waals surface area contributed by atoms with Gasteiger partial charge in [-0.1, -0.05) is 13.3 Å². The Kier molecular flexibility index (Phi) is 4.34. The second-order valence-corrected chi connectivity index (χ2v) is 6.28. The van der Waals surface area contributed by atoms with Crippen molar-refractivity contribution < 1.29 is 17.9 Å². The van der Waals surface area contributed by atoms with Gasteiger partial charge < -0.3 is 10.1 Å². The summed E-state index contributed by atoms with van der Waals surface area (Å²) in [5.41, 5.74) is -0.861. The zero-order valence-electron chi connectivity index (χ0n) is 12.7. The summed E-state index contributed by atoms with van der Waals surface area (Å²) in [5.74, 6) is 1.05. The molecule has 2 aliphatic rings. The molecule has 2 unspecified atom stereocenters. The number of aromatic nitrogens is 2. The Labute approximate surface area is 128 Å². The third-order valence-electron chi connectivity index (χ3n) is 4.66. The van der Waals surface area contributed by atoms with E-state index in [2.05, 4.69) is 10.4 Å². The third-order valence-corrected chi connectivity index (χ3v) is 4.66. The van der Waals surface area contributed by atoms with Crippen LogP contribution in [0.4, 0.5) is 13.2 Å². The fourth-order valence-corrected chi connectivity index (χ4v) is 3.47. The van der Waals surface area contributed by atoms with Crippen LogP contribution < -0.4 is 10.1 Å². The highest BCUT2D eigenvalue weighted by atomic mass is 19.4. The Morgan fingerprint density at radius 1 is 1.32 bits per heavy atom. The van der Waals surface area contributed by atoms with Gasteiger partial charge in [-0.05, 0) is 19.3 Å². The van der Waals surface area contributed by atoms with Crippen molar-refractivity contribution in [2.75, 3.05) is 13.1 Å². The van der Waals surface area contributed by atoms with E-state index in [9.17, 15) is 13.2 Å². The van der Waals surface area contributed by atoms with E-state index < -0.39 is 11.9 Å². The molecule has 2 fully saturated rings. The van der Waals surface area contributed by atoms with Crippen LogP contribution in [0.15, 0.2) is 6.07 Å². The summed E-state index contributed by atoms with van der Waals surface area (Å²) in [7, 11) is 0. The zero-order valence-corrected chi connectivity index (χ0v) is 12.7. The minimum atomic E-state index is -4.43. The van der Waals surface area contributed by atoms with Crippen molar-refractivity contribution >= 4 is 0 Å². The number of hydrogen-bond acceptors (Lipinski definition) is 3. The smallest absolute Gasteiger partial charge is 0.435 e. The first kappa shape index (κ1) is 15.6. The Morgan fingerprint density at radius 3 is 2.59 bits per heavy atom. The third kappa shape index (κ3) is 3.09. The summed E-state index contributed by atoms with van der Waals surface area (Å²) < 4.78 is 46.1. The molecular formula is C15H22F3N3O. The Balaban J connectivity index is 1.80. The van der Waals surface area contributed by atoms with Crippen LogP contribution in [0, 0.1) is 11.8 Å². The van der Waals surface area contributed by atoms with Gasteiger partial charge in [-0.3, -0.25) is 0 Å². The van der Waals surface area contributed by atoms with Crippen molar-refractivity contribution in [3.8, 4) is 5.88 Å². The standard InChI is InChI=1S/C15H22F3N3O/c1-2-3-6-21-13(7-12(20-21)15(16,17)18)22-14-10-4-5-11(14)9-19-8-10/h7,10-11,14,19H,2-6,8-9H2,1H3. The molecule has 0 radical (unpaired) electrons. The predicted molar refractivity (Wildman–Crippen MR) is 75.6 cm³/mol. The SMILES string of the molecule is CCCCn1nc(C(F)(F)F)cc1OC1C2CCC1CNC2. The number of alkyl halides is 3. The number of halogens is 3. The van der Waals surface area contributed by atoms with Crippen LogP contribution in [-0.4, -0.2) is 29.0 Å². The van der Waals surface area contributed by atoms with Gasteiger partial charge in [-0.25, -0.2) is 4.68 Å². The molecule has 2 bridgehead atoms. The maximum absolute atomic E-state index is 12.9. The summed E-state index contributed by atoms with van der Waals surface area (Å²) in [5, 5.41) is 7.06. The largest absolute Gasteiger partial charge is 0.474 e. The van der Waals surface area contributed by atoms with E-state index in [0.717, 1.165) is 44.8 Å².